The second-order valence-corrected chi connectivity index (χ2v) is 2.11. The molecule has 0 aromatic carbocycles. The van der Waals surface area contributed by atoms with Crippen LogP contribution >= 0.6 is 12.2 Å². The van der Waals surface area contributed by atoms with E-state index in [1.165, 1.54) is 14.1 Å². The van der Waals surface area contributed by atoms with Gasteiger partial charge in [-0.25, -0.2) is 0 Å². The van der Waals surface area contributed by atoms with Gasteiger partial charge < -0.3 is 9.45 Å². The number of amides is 2. The lowest BCUT2D eigenvalue weighted by Crippen LogP contribution is -2.36. The quantitative estimate of drug-likeness (QED) is 0.306. The van der Waals surface area contributed by atoms with Crippen molar-refractivity contribution in [1.82, 2.24) is 9.62 Å². The third-order valence-corrected chi connectivity index (χ3v) is 1.02. The maximum absolute atomic E-state index is 10.6. The first-order valence-electron chi connectivity index (χ1n) is 2.41. The zero-order valence-corrected chi connectivity index (χ0v) is 6.44. The molecule has 0 saturated carbocycles. The minimum Gasteiger partial charge on any atom is -0.341 e. The molecule has 58 valence electrons. The number of hydrogen-bond donors (Lipinski definition) is 2. The molecule has 2 amide bonds. The van der Waals surface area contributed by atoms with Gasteiger partial charge in [0.25, 0.3) is 0 Å². The standard InChI is InChI=1S/C4H8N2O3S/c1-6(2)4(8)3(7)5-10-9/h9H,1-2H3,(H,5,7). The summed E-state index contributed by atoms with van der Waals surface area (Å²) in [5, 5.41) is 0. The van der Waals surface area contributed by atoms with Crippen LogP contribution in [0.5, 0.6) is 0 Å². The molecule has 0 unspecified atom stereocenters. The Balaban J connectivity index is 3.83. The second kappa shape index (κ2) is 4.13. The summed E-state index contributed by atoms with van der Waals surface area (Å²) < 4.78 is 9.95. The van der Waals surface area contributed by atoms with Crippen LogP contribution in [0.15, 0.2) is 0 Å². The fourth-order valence-corrected chi connectivity index (χ4v) is 0.458. The van der Waals surface area contributed by atoms with Crippen molar-refractivity contribution >= 4 is 24.0 Å². The first kappa shape index (κ1) is 9.25. The molecule has 6 heteroatoms. The van der Waals surface area contributed by atoms with Crippen LogP contribution in [-0.4, -0.2) is 35.4 Å². The summed E-state index contributed by atoms with van der Waals surface area (Å²) in [6.07, 6.45) is 0. The first-order chi connectivity index (χ1) is 4.59. The summed E-state index contributed by atoms with van der Waals surface area (Å²) in [6, 6.07) is 0. The molecule has 0 aromatic rings. The van der Waals surface area contributed by atoms with Crippen molar-refractivity contribution in [3.8, 4) is 0 Å². The van der Waals surface area contributed by atoms with Crippen molar-refractivity contribution in [2.75, 3.05) is 14.1 Å². The molecule has 0 fully saturated rings. The van der Waals surface area contributed by atoms with Gasteiger partial charge in [-0.3, -0.25) is 14.3 Å². The number of rotatable bonds is 1. The lowest BCUT2D eigenvalue weighted by Gasteiger charge is -2.07. The summed E-state index contributed by atoms with van der Waals surface area (Å²) in [6.45, 7) is 0. The molecule has 10 heavy (non-hydrogen) atoms. The SMILES string of the molecule is CN(C)C(=O)C(=O)NSO. The van der Waals surface area contributed by atoms with Gasteiger partial charge in [0.2, 0.25) is 0 Å². The number of nitrogens with one attached hydrogen (secondary N) is 1. The van der Waals surface area contributed by atoms with Crippen LogP contribution in [0.2, 0.25) is 0 Å². The normalized spacial score (nSPS) is 8.70. The zero-order chi connectivity index (χ0) is 8.15. The summed E-state index contributed by atoms with van der Waals surface area (Å²) in [7, 11) is 2.90. The zero-order valence-electron chi connectivity index (χ0n) is 5.62. The molecule has 0 aliphatic heterocycles. The monoisotopic (exact) mass is 164 g/mol. The Bertz CT molecular complexity index is 147. The summed E-state index contributed by atoms with van der Waals surface area (Å²) >= 11 is 0.108. The predicted molar refractivity (Wildman–Crippen MR) is 37.1 cm³/mol. The van der Waals surface area contributed by atoms with Crippen LogP contribution in [0.4, 0.5) is 0 Å². The van der Waals surface area contributed by atoms with Crippen molar-refractivity contribution in [3.05, 3.63) is 0 Å². The van der Waals surface area contributed by atoms with E-state index < -0.39 is 11.8 Å². The van der Waals surface area contributed by atoms with E-state index in [-0.39, 0.29) is 12.2 Å². The minimum absolute atomic E-state index is 0.108. The topological polar surface area (TPSA) is 69.6 Å². The Labute approximate surface area is 62.7 Å². The molecule has 0 spiro atoms. The highest BCUT2D eigenvalue weighted by Crippen LogP contribution is 1.84. The number of carbonyl (C=O) groups excluding carboxylic acids is 2. The van der Waals surface area contributed by atoms with Gasteiger partial charge in [0.1, 0.15) is 12.2 Å². The molecular formula is C4H8N2O3S. The average molecular weight is 164 g/mol. The second-order valence-electron chi connectivity index (χ2n) is 1.72. The van der Waals surface area contributed by atoms with Crippen molar-refractivity contribution in [2.24, 2.45) is 0 Å². The van der Waals surface area contributed by atoms with Gasteiger partial charge in [0.05, 0.1) is 0 Å². The molecule has 0 aromatic heterocycles. The highest BCUT2D eigenvalue weighted by molar-refractivity contribution is 7.92. The molecule has 0 heterocycles. The third-order valence-electron chi connectivity index (χ3n) is 0.739. The highest BCUT2D eigenvalue weighted by Gasteiger charge is 2.14. The molecule has 0 aliphatic rings. The molecule has 0 saturated heterocycles. The molecular weight excluding hydrogens is 156 g/mol. The van der Waals surface area contributed by atoms with E-state index in [1.54, 1.807) is 0 Å². The fourth-order valence-electron chi connectivity index (χ4n) is 0.288. The summed E-state index contributed by atoms with van der Waals surface area (Å²) in [5.41, 5.74) is 0. The third kappa shape index (κ3) is 2.70. The van der Waals surface area contributed by atoms with Gasteiger partial charge in [-0.2, -0.15) is 0 Å². The van der Waals surface area contributed by atoms with Crippen LogP contribution in [0.1, 0.15) is 0 Å². The van der Waals surface area contributed by atoms with Crippen LogP contribution < -0.4 is 4.72 Å². The van der Waals surface area contributed by atoms with E-state index in [2.05, 4.69) is 0 Å². The Hall–Kier alpha value is -0.750. The van der Waals surface area contributed by atoms with Crippen LogP contribution in [0.25, 0.3) is 0 Å². The van der Waals surface area contributed by atoms with Crippen LogP contribution in [0, 0.1) is 0 Å². The number of likely N-dealkylation sites (N-methyl/N-ethyl adjacent to an activating group) is 1. The van der Waals surface area contributed by atoms with Crippen molar-refractivity contribution in [2.45, 2.75) is 0 Å². The van der Waals surface area contributed by atoms with E-state index in [0.29, 0.717) is 0 Å². The van der Waals surface area contributed by atoms with Gasteiger partial charge in [-0.05, 0) is 0 Å². The lowest BCUT2D eigenvalue weighted by atomic mass is 10.5. The van der Waals surface area contributed by atoms with E-state index in [9.17, 15) is 9.59 Å². The Morgan fingerprint density at radius 2 is 2.00 bits per heavy atom. The maximum atomic E-state index is 10.6. The van der Waals surface area contributed by atoms with E-state index in [4.69, 9.17) is 4.55 Å². The summed E-state index contributed by atoms with van der Waals surface area (Å²) in [5.74, 6) is -1.53. The molecule has 0 rings (SSSR count). The number of nitrogens with zero attached hydrogens (tertiary/aromatic N) is 1. The van der Waals surface area contributed by atoms with Crippen molar-refractivity contribution < 1.29 is 14.1 Å². The maximum Gasteiger partial charge on any atom is 0.321 e. The molecule has 5 nitrogen and oxygen atoms in total. The van der Waals surface area contributed by atoms with Gasteiger partial charge in [-0.15, -0.1) is 0 Å². The smallest absolute Gasteiger partial charge is 0.321 e. The van der Waals surface area contributed by atoms with Gasteiger partial charge >= 0.3 is 11.8 Å². The molecule has 0 aliphatic carbocycles. The van der Waals surface area contributed by atoms with Gasteiger partial charge in [-0.1, -0.05) is 0 Å². The summed E-state index contributed by atoms with van der Waals surface area (Å²) in [4.78, 5) is 22.2. The van der Waals surface area contributed by atoms with E-state index in [1.807, 2.05) is 4.72 Å². The van der Waals surface area contributed by atoms with E-state index >= 15 is 0 Å². The largest absolute Gasteiger partial charge is 0.341 e. The molecule has 0 bridgehead atoms. The fraction of sp³-hybridized carbons (Fsp3) is 0.500. The Morgan fingerprint density at radius 3 is 2.30 bits per heavy atom. The number of hydrogen-bond acceptors (Lipinski definition) is 4. The minimum atomic E-state index is -0.836. The lowest BCUT2D eigenvalue weighted by molar-refractivity contribution is -0.143. The Morgan fingerprint density at radius 1 is 1.50 bits per heavy atom. The van der Waals surface area contributed by atoms with E-state index in [0.717, 1.165) is 4.90 Å². The average Bonchev–Trinajstić information content (AvgIpc) is 1.87. The van der Waals surface area contributed by atoms with Crippen LogP contribution in [-0.2, 0) is 9.59 Å². The first-order valence-corrected chi connectivity index (χ1v) is 3.19. The Kier molecular flexibility index (Phi) is 3.82. The molecule has 0 atom stereocenters. The molecule has 2 N–H and O–H groups in total. The predicted octanol–water partition coefficient (Wildman–Crippen LogP) is -0.688. The van der Waals surface area contributed by atoms with Crippen molar-refractivity contribution in [3.63, 3.8) is 0 Å². The van der Waals surface area contributed by atoms with Crippen LogP contribution in [0.3, 0.4) is 0 Å². The van der Waals surface area contributed by atoms with Gasteiger partial charge in [0, 0.05) is 14.1 Å². The number of carbonyl (C=O) groups is 2. The van der Waals surface area contributed by atoms with Crippen molar-refractivity contribution in [1.29, 1.82) is 0 Å². The molecule has 0 radical (unpaired) electrons. The highest BCUT2D eigenvalue weighted by atomic mass is 32.2. The van der Waals surface area contributed by atoms with Gasteiger partial charge in [0.15, 0.2) is 0 Å².